The van der Waals surface area contributed by atoms with Gasteiger partial charge in [-0.1, -0.05) is 0 Å². The van der Waals surface area contributed by atoms with Crippen LogP contribution in [0, 0.1) is 6.92 Å². The third kappa shape index (κ3) is 5.29. The molecule has 0 spiro atoms. The average Bonchev–Trinajstić information content (AvgIpc) is 2.17. The van der Waals surface area contributed by atoms with Gasteiger partial charge in [0.25, 0.3) is 0 Å². The van der Waals surface area contributed by atoms with Crippen LogP contribution in [0.4, 0.5) is 5.95 Å². The molecule has 84 valence electrons. The van der Waals surface area contributed by atoms with E-state index in [4.69, 9.17) is 5.11 Å². The van der Waals surface area contributed by atoms with E-state index < -0.39 is 0 Å². The summed E-state index contributed by atoms with van der Waals surface area (Å²) in [6.07, 6.45) is 1.42. The van der Waals surface area contributed by atoms with Gasteiger partial charge in [0.1, 0.15) is 0 Å². The molecule has 15 heavy (non-hydrogen) atoms. The van der Waals surface area contributed by atoms with Crippen molar-refractivity contribution in [2.75, 3.05) is 25.0 Å². The van der Waals surface area contributed by atoms with E-state index in [1.165, 1.54) is 0 Å². The third-order valence-electron chi connectivity index (χ3n) is 1.82. The van der Waals surface area contributed by atoms with Gasteiger partial charge in [-0.15, -0.1) is 0 Å². The molecule has 0 aromatic carbocycles. The average molecular weight is 210 g/mol. The van der Waals surface area contributed by atoms with Gasteiger partial charge in [0, 0.05) is 31.5 Å². The SMILES string of the molecule is Cc1ccnc(NCCNCC(C)O)n1. The Balaban J connectivity index is 2.15. The molecule has 5 nitrogen and oxygen atoms in total. The summed E-state index contributed by atoms with van der Waals surface area (Å²) in [6, 6.07) is 1.86. The lowest BCUT2D eigenvalue weighted by atomic mass is 10.4. The monoisotopic (exact) mass is 210 g/mol. The van der Waals surface area contributed by atoms with Crippen LogP contribution in [0.1, 0.15) is 12.6 Å². The first-order chi connectivity index (χ1) is 7.18. The number of aliphatic hydroxyl groups excluding tert-OH is 1. The zero-order valence-corrected chi connectivity index (χ0v) is 9.20. The van der Waals surface area contributed by atoms with Crippen molar-refractivity contribution < 1.29 is 5.11 Å². The molecule has 3 N–H and O–H groups in total. The summed E-state index contributed by atoms with van der Waals surface area (Å²) in [7, 11) is 0. The summed E-state index contributed by atoms with van der Waals surface area (Å²) in [5, 5.41) is 15.2. The quantitative estimate of drug-likeness (QED) is 0.584. The van der Waals surface area contributed by atoms with Gasteiger partial charge in [-0.3, -0.25) is 0 Å². The minimum Gasteiger partial charge on any atom is -0.392 e. The fourth-order valence-corrected chi connectivity index (χ4v) is 1.11. The molecule has 0 radical (unpaired) electrons. The Morgan fingerprint density at radius 1 is 1.47 bits per heavy atom. The molecule has 0 bridgehead atoms. The highest BCUT2D eigenvalue weighted by atomic mass is 16.3. The molecule has 1 rings (SSSR count). The Hall–Kier alpha value is -1.20. The van der Waals surface area contributed by atoms with Crippen molar-refractivity contribution in [3.8, 4) is 0 Å². The minimum atomic E-state index is -0.305. The molecular weight excluding hydrogens is 192 g/mol. The van der Waals surface area contributed by atoms with Gasteiger partial charge in [0.2, 0.25) is 5.95 Å². The summed E-state index contributed by atoms with van der Waals surface area (Å²) >= 11 is 0. The van der Waals surface area contributed by atoms with E-state index in [0.29, 0.717) is 12.5 Å². The summed E-state index contributed by atoms with van der Waals surface area (Å²) in [4.78, 5) is 8.28. The maximum atomic E-state index is 9.00. The third-order valence-corrected chi connectivity index (χ3v) is 1.82. The van der Waals surface area contributed by atoms with Crippen molar-refractivity contribution in [3.63, 3.8) is 0 Å². The molecule has 0 aliphatic heterocycles. The topological polar surface area (TPSA) is 70.1 Å². The first-order valence-corrected chi connectivity index (χ1v) is 5.11. The lowest BCUT2D eigenvalue weighted by Gasteiger charge is -2.07. The van der Waals surface area contributed by atoms with Crippen molar-refractivity contribution in [2.45, 2.75) is 20.0 Å². The summed E-state index contributed by atoms with van der Waals surface area (Å²) in [6.45, 7) is 5.82. The fraction of sp³-hybridized carbons (Fsp3) is 0.600. The van der Waals surface area contributed by atoms with Crippen LogP contribution in [0.3, 0.4) is 0 Å². The van der Waals surface area contributed by atoms with Gasteiger partial charge in [-0.2, -0.15) is 0 Å². The molecule has 1 heterocycles. The fourth-order valence-electron chi connectivity index (χ4n) is 1.11. The Kier molecular flexibility index (Phi) is 5.00. The van der Waals surface area contributed by atoms with Crippen LogP contribution in [0.5, 0.6) is 0 Å². The van der Waals surface area contributed by atoms with Gasteiger partial charge in [0.15, 0.2) is 0 Å². The second kappa shape index (κ2) is 6.31. The highest BCUT2D eigenvalue weighted by Crippen LogP contribution is 1.97. The van der Waals surface area contributed by atoms with Crippen molar-refractivity contribution in [3.05, 3.63) is 18.0 Å². The van der Waals surface area contributed by atoms with E-state index in [1.807, 2.05) is 13.0 Å². The molecule has 0 aliphatic carbocycles. The Morgan fingerprint density at radius 3 is 2.93 bits per heavy atom. The van der Waals surface area contributed by atoms with Crippen LogP contribution in [-0.4, -0.2) is 40.8 Å². The Labute approximate surface area is 90.0 Å². The largest absolute Gasteiger partial charge is 0.392 e. The van der Waals surface area contributed by atoms with Crippen molar-refractivity contribution in [1.82, 2.24) is 15.3 Å². The highest BCUT2D eigenvalue weighted by Gasteiger charge is 1.96. The van der Waals surface area contributed by atoms with Crippen LogP contribution in [0.15, 0.2) is 12.3 Å². The van der Waals surface area contributed by atoms with E-state index in [1.54, 1.807) is 13.1 Å². The predicted molar refractivity (Wildman–Crippen MR) is 59.8 cm³/mol. The standard InChI is InChI=1S/C10H18N4O/c1-8-3-4-12-10(14-8)13-6-5-11-7-9(2)15/h3-4,9,11,15H,5-7H2,1-2H3,(H,12,13,14). The first-order valence-electron chi connectivity index (χ1n) is 5.11. The second-order valence-corrected chi connectivity index (χ2v) is 3.50. The normalized spacial score (nSPS) is 12.5. The van der Waals surface area contributed by atoms with Crippen molar-refractivity contribution >= 4 is 5.95 Å². The van der Waals surface area contributed by atoms with Gasteiger partial charge in [-0.05, 0) is 19.9 Å². The van der Waals surface area contributed by atoms with E-state index in [2.05, 4.69) is 20.6 Å². The number of aryl methyl sites for hydroxylation is 1. The highest BCUT2D eigenvalue weighted by molar-refractivity contribution is 5.24. The number of anilines is 1. The number of aromatic nitrogens is 2. The maximum absolute atomic E-state index is 9.00. The summed E-state index contributed by atoms with van der Waals surface area (Å²) in [5.41, 5.74) is 0.949. The zero-order chi connectivity index (χ0) is 11.1. The lowest BCUT2D eigenvalue weighted by molar-refractivity contribution is 0.192. The van der Waals surface area contributed by atoms with Gasteiger partial charge in [0.05, 0.1) is 6.10 Å². The number of hydrogen-bond acceptors (Lipinski definition) is 5. The molecule has 5 heteroatoms. The van der Waals surface area contributed by atoms with Crippen LogP contribution < -0.4 is 10.6 Å². The first kappa shape index (κ1) is 11.9. The number of nitrogens with one attached hydrogen (secondary N) is 2. The van der Waals surface area contributed by atoms with Crippen LogP contribution >= 0.6 is 0 Å². The summed E-state index contributed by atoms with van der Waals surface area (Å²) < 4.78 is 0. The van der Waals surface area contributed by atoms with Crippen LogP contribution in [0.2, 0.25) is 0 Å². The number of hydrogen-bond donors (Lipinski definition) is 3. The van der Waals surface area contributed by atoms with Gasteiger partial charge < -0.3 is 15.7 Å². The zero-order valence-electron chi connectivity index (χ0n) is 9.20. The molecule has 1 aromatic rings. The molecule has 0 amide bonds. The van der Waals surface area contributed by atoms with Gasteiger partial charge >= 0.3 is 0 Å². The molecular formula is C10H18N4O. The summed E-state index contributed by atoms with van der Waals surface area (Å²) in [5.74, 6) is 0.647. The predicted octanol–water partition coefficient (Wildman–Crippen LogP) is 0.167. The molecule has 0 saturated carbocycles. The lowest BCUT2D eigenvalue weighted by Crippen LogP contribution is -2.29. The van der Waals surface area contributed by atoms with Crippen LogP contribution in [0.25, 0.3) is 0 Å². The van der Waals surface area contributed by atoms with Gasteiger partial charge in [-0.25, -0.2) is 9.97 Å². The number of rotatable bonds is 6. The molecule has 1 unspecified atom stereocenters. The molecule has 0 fully saturated rings. The minimum absolute atomic E-state index is 0.305. The number of nitrogens with zero attached hydrogens (tertiary/aromatic N) is 2. The van der Waals surface area contributed by atoms with Crippen molar-refractivity contribution in [1.29, 1.82) is 0 Å². The molecule has 1 atom stereocenters. The van der Waals surface area contributed by atoms with E-state index in [9.17, 15) is 0 Å². The van der Waals surface area contributed by atoms with Crippen LogP contribution in [-0.2, 0) is 0 Å². The number of aliphatic hydroxyl groups is 1. The Morgan fingerprint density at radius 2 is 2.27 bits per heavy atom. The molecule has 0 saturated heterocycles. The van der Waals surface area contributed by atoms with E-state index >= 15 is 0 Å². The van der Waals surface area contributed by atoms with E-state index in [0.717, 1.165) is 18.8 Å². The smallest absolute Gasteiger partial charge is 0.222 e. The van der Waals surface area contributed by atoms with E-state index in [-0.39, 0.29) is 6.10 Å². The second-order valence-electron chi connectivity index (χ2n) is 3.50. The maximum Gasteiger partial charge on any atom is 0.222 e. The van der Waals surface area contributed by atoms with Crippen molar-refractivity contribution in [2.24, 2.45) is 0 Å². The molecule has 1 aromatic heterocycles. The molecule has 0 aliphatic rings. The Bertz CT molecular complexity index is 291.